The highest BCUT2D eigenvalue weighted by Crippen LogP contribution is 2.23. The highest BCUT2D eigenvalue weighted by Gasteiger charge is 2.23. The van der Waals surface area contributed by atoms with E-state index in [0.29, 0.717) is 12.2 Å². The molecule has 1 N–H and O–H groups in total. The molecule has 114 valence electrons. The van der Waals surface area contributed by atoms with Gasteiger partial charge in [-0.05, 0) is 24.8 Å². The van der Waals surface area contributed by atoms with E-state index in [1.165, 1.54) is 0 Å². The van der Waals surface area contributed by atoms with Gasteiger partial charge in [-0.15, -0.1) is 0 Å². The van der Waals surface area contributed by atoms with Gasteiger partial charge in [0.1, 0.15) is 0 Å². The first kappa shape index (κ1) is 14.9. The van der Waals surface area contributed by atoms with Crippen molar-refractivity contribution < 1.29 is 8.42 Å². The van der Waals surface area contributed by atoms with E-state index in [1.54, 1.807) is 6.20 Å². The van der Waals surface area contributed by atoms with Gasteiger partial charge in [-0.2, -0.15) is 0 Å². The summed E-state index contributed by atoms with van der Waals surface area (Å²) in [5.74, 6) is 0.712. The zero-order chi connectivity index (χ0) is 15.6. The predicted octanol–water partition coefficient (Wildman–Crippen LogP) is 2.06. The zero-order valence-electron chi connectivity index (χ0n) is 12.1. The minimum atomic E-state index is -3.40. The molecule has 3 rings (SSSR count). The Kier molecular flexibility index (Phi) is 4.04. The van der Waals surface area contributed by atoms with E-state index in [4.69, 9.17) is 0 Å². The van der Waals surface area contributed by atoms with Crippen molar-refractivity contribution in [3.8, 4) is 11.4 Å². The van der Waals surface area contributed by atoms with Crippen LogP contribution in [-0.2, 0) is 22.9 Å². The number of aryl methyl sites for hydroxylation is 1. The second kappa shape index (κ2) is 5.98. The smallest absolute Gasteiger partial charge is 0.233 e. The van der Waals surface area contributed by atoms with E-state index in [0.717, 1.165) is 35.1 Å². The average molecular weight is 315 g/mol. The number of rotatable bonds is 4. The number of benzene rings is 1. The van der Waals surface area contributed by atoms with Gasteiger partial charge in [0.25, 0.3) is 0 Å². The first-order valence-electron chi connectivity index (χ1n) is 7.12. The van der Waals surface area contributed by atoms with Gasteiger partial charge in [0.2, 0.25) is 10.0 Å². The van der Waals surface area contributed by atoms with E-state index < -0.39 is 10.0 Å². The lowest BCUT2D eigenvalue weighted by Crippen LogP contribution is -2.38. The molecule has 6 heteroatoms. The number of hydrogen-bond acceptors (Lipinski definition) is 4. The largest absolute Gasteiger partial charge is 0.236 e. The number of hydrogen-bond donors (Lipinski definition) is 1. The molecule has 1 aromatic carbocycles. The van der Waals surface area contributed by atoms with E-state index in [2.05, 4.69) is 21.3 Å². The molecule has 22 heavy (non-hydrogen) atoms. The first-order chi connectivity index (χ1) is 10.6. The monoisotopic (exact) mass is 315 g/mol. The predicted molar refractivity (Wildman–Crippen MR) is 85.5 cm³/mol. The summed E-state index contributed by atoms with van der Waals surface area (Å²) in [5, 5.41) is 0.942. The SMILES string of the molecule is C=CS(=O)(=O)NC1CCc2nc(-c3ccccc3)ncc2C1. The van der Waals surface area contributed by atoms with Gasteiger partial charge >= 0.3 is 0 Å². The quantitative estimate of drug-likeness (QED) is 0.937. The van der Waals surface area contributed by atoms with Crippen molar-refractivity contribution in [3.63, 3.8) is 0 Å². The van der Waals surface area contributed by atoms with Gasteiger partial charge in [0, 0.05) is 28.9 Å². The Morgan fingerprint density at radius 2 is 2.05 bits per heavy atom. The van der Waals surface area contributed by atoms with Gasteiger partial charge in [0.15, 0.2) is 5.82 Å². The summed E-state index contributed by atoms with van der Waals surface area (Å²) < 4.78 is 25.7. The number of nitrogens with zero attached hydrogens (tertiary/aromatic N) is 2. The molecule has 5 nitrogen and oxygen atoms in total. The zero-order valence-corrected chi connectivity index (χ0v) is 12.9. The molecular formula is C16H17N3O2S. The van der Waals surface area contributed by atoms with Crippen molar-refractivity contribution in [1.82, 2.24) is 14.7 Å². The molecule has 0 bridgehead atoms. The Morgan fingerprint density at radius 3 is 2.77 bits per heavy atom. The molecule has 2 aromatic rings. The molecule has 1 aromatic heterocycles. The van der Waals surface area contributed by atoms with Gasteiger partial charge in [-0.1, -0.05) is 36.9 Å². The lowest BCUT2D eigenvalue weighted by atomic mass is 9.93. The number of fused-ring (bicyclic) bond motifs is 1. The minimum absolute atomic E-state index is 0.123. The second-order valence-corrected chi connectivity index (χ2v) is 6.96. The molecule has 1 atom stereocenters. The molecule has 1 unspecified atom stereocenters. The maximum atomic E-state index is 11.6. The minimum Gasteiger partial charge on any atom is -0.236 e. The summed E-state index contributed by atoms with van der Waals surface area (Å²) in [6.45, 7) is 3.31. The van der Waals surface area contributed by atoms with Crippen molar-refractivity contribution in [2.75, 3.05) is 0 Å². The third-order valence-corrected chi connectivity index (χ3v) is 4.83. The van der Waals surface area contributed by atoms with Crippen LogP contribution in [0.2, 0.25) is 0 Å². The topological polar surface area (TPSA) is 72.0 Å². The van der Waals surface area contributed by atoms with E-state index >= 15 is 0 Å². The van der Waals surface area contributed by atoms with E-state index in [-0.39, 0.29) is 6.04 Å². The fourth-order valence-corrected chi connectivity index (χ4v) is 3.38. The van der Waals surface area contributed by atoms with Crippen molar-refractivity contribution in [3.05, 3.63) is 59.8 Å². The van der Waals surface area contributed by atoms with Crippen LogP contribution < -0.4 is 4.72 Å². The van der Waals surface area contributed by atoms with Gasteiger partial charge in [0.05, 0.1) is 0 Å². The third-order valence-electron chi connectivity index (χ3n) is 3.73. The van der Waals surface area contributed by atoms with Crippen LogP contribution in [0.25, 0.3) is 11.4 Å². The van der Waals surface area contributed by atoms with Crippen molar-refractivity contribution in [2.24, 2.45) is 0 Å². The summed E-state index contributed by atoms with van der Waals surface area (Å²) in [7, 11) is -3.40. The Hall–Kier alpha value is -2.05. The molecule has 1 heterocycles. The molecule has 1 aliphatic carbocycles. The molecule has 0 saturated heterocycles. The third kappa shape index (κ3) is 3.23. The highest BCUT2D eigenvalue weighted by atomic mass is 32.2. The van der Waals surface area contributed by atoms with Crippen LogP contribution in [0.15, 0.2) is 48.5 Å². The number of nitrogens with one attached hydrogen (secondary N) is 1. The molecule has 0 aliphatic heterocycles. The van der Waals surface area contributed by atoms with Crippen molar-refractivity contribution >= 4 is 10.0 Å². The maximum absolute atomic E-state index is 11.6. The van der Waals surface area contributed by atoms with Crippen molar-refractivity contribution in [1.29, 1.82) is 0 Å². The number of sulfonamides is 1. The van der Waals surface area contributed by atoms with Crippen molar-refractivity contribution in [2.45, 2.75) is 25.3 Å². The molecule has 0 spiro atoms. The van der Waals surface area contributed by atoms with E-state index in [9.17, 15) is 8.42 Å². The maximum Gasteiger partial charge on any atom is 0.233 e. The fourth-order valence-electron chi connectivity index (χ4n) is 2.61. The van der Waals surface area contributed by atoms with Crippen LogP contribution >= 0.6 is 0 Å². The Labute approximate surface area is 130 Å². The van der Waals surface area contributed by atoms with Gasteiger partial charge in [-0.25, -0.2) is 23.1 Å². The van der Waals surface area contributed by atoms with Crippen LogP contribution in [0.1, 0.15) is 17.7 Å². The highest BCUT2D eigenvalue weighted by molar-refractivity contribution is 7.92. The van der Waals surface area contributed by atoms with Gasteiger partial charge < -0.3 is 0 Å². The summed E-state index contributed by atoms with van der Waals surface area (Å²) in [6.07, 6.45) is 3.88. The standard InChI is InChI=1S/C16H17N3O2S/c1-2-22(20,21)19-14-8-9-15-13(10-14)11-17-16(18-15)12-6-4-3-5-7-12/h2-7,11,14,19H,1,8-10H2. The summed E-state index contributed by atoms with van der Waals surface area (Å²) >= 11 is 0. The normalized spacial score (nSPS) is 17.7. The Morgan fingerprint density at radius 1 is 1.27 bits per heavy atom. The summed E-state index contributed by atoms with van der Waals surface area (Å²) in [5.41, 5.74) is 2.99. The summed E-state index contributed by atoms with van der Waals surface area (Å²) in [4.78, 5) is 9.03. The van der Waals surface area contributed by atoms with Crippen LogP contribution in [-0.4, -0.2) is 24.4 Å². The lowest BCUT2D eigenvalue weighted by molar-refractivity contribution is 0.506. The molecule has 0 saturated carbocycles. The Balaban J connectivity index is 1.81. The fraction of sp³-hybridized carbons (Fsp3) is 0.250. The molecule has 1 aliphatic rings. The van der Waals surface area contributed by atoms with Crippen LogP contribution in [0, 0.1) is 0 Å². The average Bonchev–Trinajstić information content (AvgIpc) is 2.55. The molecule has 0 radical (unpaired) electrons. The van der Waals surface area contributed by atoms with Crippen LogP contribution in [0.4, 0.5) is 0 Å². The lowest BCUT2D eigenvalue weighted by Gasteiger charge is -2.24. The first-order valence-corrected chi connectivity index (χ1v) is 8.67. The molecule has 0 amide bonds. The second-order valence-electron chi connectivity index (χ2n) is 5.30. The van der Waals surface area contributed by atoms with Gasteiger partial charge in [-0.3, -0.25) is 0 Å². The summed E-state index contributed by atoms with van der Waals surface area (Å²) in [6, 6.07) is 9.70. The molecule has 0 fully saturated rings. The van der Waals surface area contributed by atoms with Crippen LogP contribution in [0.5, 0.6) is 0 Å². The molecular weight excluding hydrogens is 298 g/mol. The Bertz CT molecular complexity index is 788. The van der Waals surface area contributed by atoms with Crippen LogP contribution in [0.3, 0.4) is 0 Å². The number of aromatic nitrogens is 2. The van der Waals surface area contributed by atoms with E-state index in [1.807, 2.05) is 30.3 Å².